The van der Waals surface area contributed by atoms with E-state index in [1.807, 2.05) is 0 Å². The van der Waals surface area contributed by atoms with E-state index in [1.165, 1.54) is 13.0 Å². The normalized spacial score (nSPS) is 11.3. The van der Waals surface area contributed by atoms with Gasteiger partial charge in [0.2, 0.25) is 0 Å². The molecule has 3 N–H and O–H groups in total. The van der Waals surface area contributed by atoms with Crippen LogP contribution in [0.4, 0.5) is 0 Å². The molecule has 0 saturated carbocycles. The Balaban J connectivity index is 4.88. The van der Waals surface area contributed by atoms with E-state index in [1.54, 1.807) is 0 Å². The molecule has 0 aromatic rings. The van der Waals surface area contributed by atoms with Gasteiger partial charge in [0.05, 0.1) is 0 Å². The maximum Gasteiger partial charge on any atom is 0.378 e. The molecule has 0 fully saturated rings. The fraction of sp³-hybridized carbons (Fsp3) is 0.167. The highest BCUT2D eigenvalue weighted by Gasteiger charge is 2.18. The quantitative estimate of drug-likeness (QED) is 0.314. The lowest BCUT2D eigenvalue weighted by atomic mass is 10.1. The summed E-state index contributed by atoms with van der Waals surface area (Å²) >= 11 is 0. The Morgan fingerprint density at radius 2 is 2.00 bits per heavy atom. The topological polar surface area (TPSA) is 104 Å². The summed E-state index contributed by atoms with van der Waals surface area (Å²) < 4.78 is 0. The first-order valence-corrected chi connectivity index (χ1v) is 2.64. The SMILES string of the molecule is C/C(N)=C(\C#N)C(=O)C(=O)O. The van der Waals surface area contributed by atoms with Crippen molar-refractivity contribution in [3.8, 4) is 6.07 Å². The molecule has 0 bridgehead atoms. The molecule has 11 heavy (non-hydrogen) atoms. The van der Waals surface area contributed by atoms with Crippen molar-refractivity contribution in [3.05, 3.63) is 11.3 Å². The predicted molar refractivity (Wildman–Crippen MR) is 35.1 cm³/mol. The summed E-state index contributed by atoms with van der Waals surface area (Å²) in [6, 6.07) is 1.41. The summed E-state index contributed by atoms with van der Waals surface area (Å²) in [4.78, 5) is 20.6. The van der Waals surface area contributed by atoms with Gasteiger partial charge in [-0.25, -0.2) is 4.79 Å². The minimum Gasteiger partial charge on any atom is -0.475 e. The highest BCUT2D eigenvalue weighted by molar-refractivity contribution is 6.41. The largest absolute Gasteiger partial charge is 0.475 e. The van der Waals surface area contributed by atoms with Gasteiger partial charge >= 0.3 is 5.97 Å². The van der Waals surface area contributed by atoms with E-state index < -0.39 is 17.3 Å². The Bertz CT molecular complexity index is 268. The number of allylic oxidation sites excluding steroid dienone is 1. The zero-order chi connectivity index (χ0) is 9.02. The Morgan fingerprint density at radius 1 is 1.55 bits per heavy atom. The molecule has 0 radical (unpaired) electrons. The van der Waals surface area contributed by atoms with E-state index in [2.05, 4.69) is 0 Å². The molecule has 0 rings (SSSR count). The monoisotopic (exact) mass is 154 g/mol. The van der Waals surface area contributed by atoms with Crippen molar-refractivity contribution in [2.45, 2.75) is 6.92 Å². The van der Waals surface area contributed by atoms with Crippen LogP contribution in [-0.2, 0) is 9.59 Å². The molecule has 0 heterocycles. The predicted octanol–water partition coefficient (Wildman–Crippen LogP) is -0.604. The smallest absolute Gasteiger partial charge is 0.378 e. The molecule has 0 aliphatic carbocycles. The van der Waals surface area contributed by atoms with Crippen LogP contribution in [0, 0.1) is 11.3 Å². The van der Waals surface area contributed by atoms with Crippen molar-refractivity contribution in [3.63, 3.8) is 0 Å². The molecule has 0 spiro atoms. The minimum atomic E-state index is -1.67. The number of carbonyl (C=O) groups is 2. The number of ketones is 1. The number of carbonyl (C=O) groups excluding carboxylic acids is 1. The number of rotatable bonds is 2. The molecule has 0 aliphatic heterocycles. The lowest BCUT2D eigenvalue weighted by molar-refractivity contribution is -0.147. The standard InChI is InChI=1S/C6H6N2O3/c1-3(8)4(2-7)5(9)6(10)11/h8H2,1H3,(H,10,11)/b4-3-. The molecule has 58 valence electrons. The van der Waals surface area contributed by atoms with Crippen molar-refractivity contribution in [2.75, 3.05) is 0 Å². The van der Waals surface area contributed by atoms with E-state index in [0.29, 0.717) is 0 Å². The molecule has 0 aromatic heterocycles. The number of hydrogen-bond donors (Lipinski definition) is 2. The van der Waals surface area contributed by atoms with Crippen LogP contribution in [0.25, 0.3) is 0 Å². The third kappa shape index (κ3) is 2.10. The molecule has 5 nitrogen and oxygen atoms in total. The summed E-state index contributed by atoms with van der Waals surface area (Å²) in [7, 11) is 0. The summed E-state index contributed by atoms with van der Waals surface area (Å²) in [5, 5.41) is 16.4. The maximum absolute atomic E-state index is 10.6. The average molecular weight is 154 g/mol. The van der Waals surface area contributed by atoms with E-state index in [-0.39, 0.29) is 5.70 Å². The number of nitrogens with two attached hydrogens (primary N) is 1. The molecule has 0 aromatic carbocycles. The zero-order valence-corrected chi connectivity index (χ0v) is 5.79. The van der Waals surface area contributed by atoms with Crippen LogP contribution >= 0.6 is 0 Å². The third-order valence-electron chi connectivity index (χ3n) is 0.927. The van der Waals surface area contributed by atoms with Crippen LogP contribution in [0.15, 0.2) is 11.3 Å². The average Bonchev–Trinajstić information content (AvgIpc) is 1.88. The highest BCUT2D eigenvalue weighted by atomic mass is 16.4. The second-order valence-electron chi connectivity index (χ2n) is 1.80. The molecule has 5 heteroatoms. The van der Waals surface area contributed by atoms with Crippen LogP contribution in [-0.4, -0.2) is 16.9 Å². The van der Waals surface area contributed by atoms with Gasteiger partial charge in [0.1, 0.15) is 11.6 Å². The van der Waals surface area contributed by atoms with E-state index in [4.69, 9.17) is 16.1 Å². The third-order valence-corrected chi connectivity index (χ3v) is 0.927. The molecular weight excluding hydrogens is 148 g/mol. The van der Waals surface area contributed by atoms with Gasteiger partial charge < -0.3 is 10.8 Å². The lowest BCUT2D eigenvalue weighted by Crippen LogP contribution is -2.17. The number of hydrogen-bond acceptors (Lipinski definition) is 4. The lowest BCUT2D eigenvalue weighted by Gasteiger charge is -1.93. The number of nitriles is 1. The number of nitrogens with zero attached hydrogens (tertiary/aromatic N) is 1. The van der Waals surface area contributed by atoms with Gasteiger partial charge in [-0.1, -0.05) is 0 Å². The van der Waals surface area contributed by atoms with Gasteiger partial charge in [-0.2, -0.15) is 5.26 Å². The minimum absolute atomic E-state index is 0.0834. The first kappa shape index (κ1) is 9.17. The molecule has 0 atom stereocenters. The van der Waals surface area contributed by atoms with E-state index in [0.717, 1.165) is 0 Å². The van der Waals surface area contributed by atoms with Crippen molar-refractivity contribution in [2.24, 2.45) is 5.73 Å². The van der Waals surface area contributed by atoms with Crippen LogP contribution in [0.2, 0.25) is 0 Å². The first-order valence-electron chi connectivity index (χ1n) is 2.64. The Labute approximate surface area is 62.7 Å². The highest BCUT2D eigenvalue weighted by Crippen LogP contribution is 1.98. The van der Waals surface area contributed by atoms with Crippen LogP contribution in [0.3, 0.4) is 0 Å². The first-order chi connectivity index (χ1) is 5.00. The second kappa shape index (κ2) is 3.37. The van der Waals surface area contributed by atoms with Gasteiger partial charge in [-0.15, -0.1) is 0 Å². The van der Waals surface area contributed by atoms with Gasteiger partial charge in [0.25, 0.3) is 5.78 Å². The van der Waals surface area contributed by atoms with Crippen LogP contribution < -0.4 is 5.73 Å². The van der Waals surface area contributed by atoms with Gasteiger partial charge in [-0.05, 0) is 6.92 Å². The summed E-state index contributed by atoms with van der Waals surface area (Å²) in [5.74, 6) is -2.95. The number of aliphatic carboxylic acids is 1. The molecule has 0 saturated heterocycles. The second-order valence-corrected chi connectivity index (χ2v) is 1.80. The number of Topliss-reactive ketones (excluding diaryl/α,β-unsaturated/α-hetero) is 1. The van der Waals surface area contributed by atoms with Crippen LogP contribution in [0.5, 0.6) is 0 Å². The fourth-order valence-corrected chi connectivity index (χ4v) is 0.425. The van der Waals surface area contributed by atoms with E-state index >= 15 is 0 Å². The van der Waals surface area contributed by atoms with Crippen molar-refractivity contribution in [1.29, 1.82) is 5.26 Å². The van der Waals surface area contributed by atoms with E-state index in [9.17, 15) is 9.59 Å². The van der Waals surface area contributed by atoms with Gasteiger partial charge in [0, 0.05) is 5.70 Å². The van der Waals surface area contributed by atoms with Crippen molar-refractivity contribution in [1.82, 2.24) is 0 Å². The molecule has 0 aliphatic rings. The van der Waals surface area contributed by atoms with Crippen molar-refractivity contribution >= 4 is 11.8 Å². The Hall–Kier alpha value is -1.83. The summed E-state index contributed by atoms with van der Waals surface area (Å²) in [5.41, 5.74) is 4.46. The molecular formula is C6H6N2O3. The molecule has 0 amide bonds. The summed E-state index contributed by atoms with van der Waals surface area (Å²) in [6.07, 6.45) is 0. The molecule has 0 unspecified atom stereocenters. The number of carboxylic acids is 1. The van der Waals surface area contributed by atoms with Crippen molar-refractivity contribution < 1.29 is 14.7 Å². The van der Waals surface area contributed by atoms with Gasteiger partial charge in [0.15, 0.2) is 0 Å². The van der Waals surface area contributed by atoms with Crippen LogP contribution in [0.1, 0.15) is 6.92 Å². The Kier molecular flexibility index (Phi) is 2.81. The Morgan fingerprint density at radius 3 is 2.09 bits per heavy atom. The maximum atomic E-state index is 10.6. The fourth-order valence-electron chi connectivity index (χ4n) is 0.425. The zero-order valence-electron chi connectivity index (χ0n) is 5.79. The summed E-state index contributed by atoms with van der Waals surface area (Å²) in [6.45, 7) is 1.29. The number of carboxylic acid groups (broad SMARTS) is 1. The van der Waals surface area contributed by atoms with Gasteiger partial charge in [-0.3, -0.25) is 4.79 Å².